The van der Waals surface area contributed by atoms with E-state index < -0.39 is 0 Å². The molecule has 2 heterocycles. The Morgan fingerprint density at radius 3 is 3.00 bits per heavy atom. The van der Waals surface area contributed by atoms with Gasteiger partial charge in [0.15, 0.2) is 23.9 Å². The molecule has 0 bridgehead atoms. The summed E-state index contributed by atoms with van der Waals surface area (Å²) in [5.41, 5.74) is 1.55. The molecule has 1 aromatic heterocycles. The third kappa shape index (κ3) is 3.89. The van der Waals surface area contributed by atoms with E-state index in [1.807, 2.05) is 30.3 Å². The van der Waals surface area contributed by atoms with Crippen LogP contribution in [0.1, 0.15) is 5.56 Å². The van der Waals surface area contributed by atoms with Crippen LogP contribution in [0.2, 0.25) is 5.02 Å². The molecular formula is C19H14ClIN2O4. The van der Waals surface area contributed by atoms with Crippen LogP contribution in [0.4, 0.5) is 0 Å². The van der Waals surface area contributed by atoms with E-state index in [2.05, 4.69) is 32.9 Å². The van der Waals surface area contributed by atoms with Crippen LogP contribution in [-0.2, 0) is 11.3 Å². The van der Waals surface area contributed by atoms with Gasteiger partial charge in [-0.05, 0) is 58.5 Å². The Labute approximate surface area is 173 Å². The average Bonchev–Trinajstić information content (AvgIpc) is 3.14. The first-order chi connectivity index (χ1) is 13.1. The number of hydrogen-bond acceptors (Lipinski definition) is 5. The van der Waals surface area contributed by atoms with E-state index in [-0.39, 0.29) is 19.3 Å². The molecule has 138 valence electrons. The van der Waals surface area contributed by atoms with Crippen molar-refractivity contribution in [3.05, 3.63) is 56.8 Å². The van der Waals surface area contributed by atoms with Crippen molar-refractivity contribution in [3.63, 3.8) is 0 Å². The quantitative estimate of drug-likeness (QED) is 0.543. The molecule has 1 N–H and O–H groups in total. The average molecular weight is 497 g/mol. The standard InChI is InChI=1S/C19H14ClIN2O4/c20-13-7-14(21)19(18-12(13)2-1-5-22-18)25-9-17(24)23-8-11-3-4-15-16(6-11)27-10-26-15/h1-7H,8-10H2,(H,23,24). The van der Waals surface area contributed by atoms with Crippen molar-refractivity contribution in [3.8, 4) is 17.2 Å². The first-order valence-corrected chi connectivity index (χ1v) is 9.58. The highest BCUT2D eigenvalue weighted by molar-refractivity contribution is 14.1. The van der Waals surface area contributed by atoms with Gasteiger partial charge in [-0.25, -0.2) is 0 Å². The minimum Gasteiger partial charge on any atom is -0.480 e. The van der Waals surface area contributed by atoms with Crippen LogP contribution < -0.4 is 19.5 Å². The van der Waals surface area contributed by atoms with Crippen molar-refractivity contribution in [1.29, 1.82) is 0 Å². The fraction of sp³-hybridized carbons (Fsp3) is 0.158. The second-order valence-electron chi connectivity index (χ2n) is 5.82. The summed E-state index contributed by atoms with van der Waals surface area (Å²) in [7, 11) is 0. The van der Waals surface area contributed by atoms with Gasteiger partial charge in [0, 0.05) is 18.1 Å². The monoisotopic (exact) mass is 496 g/mol. The van der Waals surface area contributed by atoms with Gasteiger partial charge < -0.3 is 19.5 Å². The minimum absolute atomic E-state index is 0.117. The first kappa shape index (κ1) is 18.1. The minimum atomic E-state index is -0.234. The number of hydrogen-bond donors (Lipinski definition) is 1. The van der Waals surface area contributed by atoms with E-state index in [9.17, 15) is 4.79 Å². The molecule has 4 rings (SSSR count). The number of carbonyl (C=O) groups is 1. The van der Waals surface area contributed by atoms with Gasteiger partial charge in [-0.1, -0.05) is 17.7 Å². The summed E-state index contributed by atoms with van der Waals surface area (Å²) >= 11 is 8.38. The molecule has 0 spiro atoms. The van der Waals surface area contributed by atoms with Gasteiger partial charge in [-0.15, -0.1) is 0 Å². The van der Waals surface area contributed by atoms with Gasteiger partial charge in [0.2, 0.25) is 6.79 Å². The van der Waals surface area contributed by atoms with Gasteiger partial charge in [-0.2, -0.15) is 0 Å². The number of fused-ring (bicyclic) bond motifs is 2. The van der Waals surface area contributed by atoms with Crippen molar-refractivity contribution >= 4 is 51.0 Å². The van der Waals surface area contributed by atoms with Crippen molar-refractivity contribution in [2.24, 2.45) is 0 Å². The van der Waals surface area contributed by atoms with Crippen LogP contribution in [0.25, 0.3) is 10.9 Å². The summed E-state index contributed by atoms with van der Waals surface area (Å²) in [5, 5.41) is 4.22. The Bertz CT molecular complexity index is 1030. The van der Waals surface area contributed by atoms with E-state index >= 15 is 0 Å². The topological polar surface area (TPSA) is 69.7 Å². The van der Waals surface area contributed by atoms with Gasteiger partial charge >= 0.3 is 0 Å². The molecule has 0 fully saturated rings. The highest BCUT2D eigenvalue weighted by atomic mass is 127. The van der Waals surface area contributed by atoms with Crippen LogP contribution in [-0.4, -0.2) is 24.3 Å². The van der Waals surface area contributed by atoms with E-state index in [0.29, 0.717) is 34.3 Å². The lowest BCUT2D eigenvalue weighted by molar-refractivity contribution is -0.123. The van der Waals surface area contributed by atoms with Gasteiger partial charge in [0.05, 0.1) is 8.59 Å². The fourth-order valence-corrected chi connectivity index (χ4v) is 3.89. The van der Waals surface area contributed by atoms with Crippen LogP contribution in [0, 0.1) is 3.57 Å². The molecule has 0 radical (unpaired) electrons. The van der Waals surface area contributed by atoms with Crippen molar-refractivity contribution in [2.75, 3.05) is 13.4 Å². The van der Waals surface area contributed by atoms with E-state index in [1.54, 1.807) is 12.3 Å². The zero-order valence-corrected chi connectivity index (χ0v) is 16.9. The zero-order chi connectivity index (χ0) is 18.8. The van der Waals surface area contributed by atoms with E-state index in [4.69, 9.17) is 25.8 Å². The normalized spacial score (nSPS) is 12.2. The summed E-state index contributed by atoms with van der Waals surface area (Å²) < 4.78 is 17.2. The number of halogens is 2. The third-order valence-corrected chi connectivity index (χ3v) is 5.14. The molecule has 27 heavy (non-hydrogen) atoms. The van der Waals surface area contributed by atoms with Crippen LogP contribution in [0.3, 0.4) is 0 Å². The fourth-order valence-electron chi connectivity index (χ4n) is 2.72. The van der Waals surface area contributed by atoms with E-state index in [0.717, 1.165) is 14.5 Å². The molecular weight excluding hydrogens is 483 g/mol. The number of nitrogens with zero attached hydrogens (tertiary/aromatic N) is 1. The molecule has 0 saturated heterocycles. The van der Waals surface area contributed by atoms with Crippen LogP contribution in [0.15, 0.2) is 42.6 Å². The maximum atomic E-state index is 12.2. The smallest absolute Gasteiger partial charge is 0.258 e. The zero-order valence-electron chi connectivity index (χ0n) is 14.0. The number of amides is 1. The van der Waals surface area contributed by atoms with Crippen LogP contribution >= 0.6 is 34.2 Å². The lowest BCUT2D eigenvalue weighted by Gasteiger charge is -2.12. The van der Waals surface area contributed by atoms with Crippen molar-refractivity contribution < 1.29 is 19.0 Å². The van der Waals surface area contributed by atoms with Crippen molar-refractivity contribution in [1.82, 2.24) is 10.3 Å². The Balaban J connectivity index is 1.40. The molecule has 0 saturated carbocycles. The number of rotatable bonds is 5. The predicted molar refractivity (Wildman–Crippen MR) is 109 cm³/mol. The number of ether oxygens (including phenoxy) is 3. The summed E-state index contributed by atoms with van der Waals surface area (Å²) in [4.78, 5) is 16.5. The summed E-state index contributed by atoms with van der Waals surface area (Å²) in [6, 6.07) is 11.0. The number of nitrogens with one attached hydrogen (secondary N) is 1. The summed E-state index contributed by atoms with van der Waals surface area (Å²) in [6.07, 6.45) is 1.67. The number of aromatic nitrogens is 1. The van der Waals surface area contributed by atoms with Crippen LogP contribution in [0.5, 0.6) is 17.2 Å². The molecule has 1 amide bonds. The maximum absolute atomic E-state index is 12.2. The summed E-state index contributed by atoms with van der Waals surface area (Å²) in [6.45, 7) is 0.476. The number of pyridine rings is 1. The largest absolute Gasteiger partial charge is 0.480 e. The van der Waals surface area contributed by atoms with Crippen molar-refractivity contribution in [2.45, 2.75) is 6.54 Å². The van der Waals surface area contributed by atoms with E-state index in [1.165, 1.54) is 0 Å². The molecule has 6 nitrogen and oxygen atoms in total. The van der Waals surface area contributed by atoms with Gasteiger partial charge in [0.1, 0.15) is 5.52 Å². The molecule has 0 aliphatic carbocycles. The lowest BCUT2D eigenvalue weighted by Crippen LogP contribution is -2.28. The Hall–Kier alpha value is -2.26. The number of carbonyl (C=O) groups excluding carboxylic acids is 1. The number of benzene rings is 2. The predicted octanol–water partition coefficient (Wildman–Crippen LogP) is 3.92. The second kappa shape index (κ2) is 7.77. The lowest BCUT2D eigenvalue weighted by atomic mass is 10.2. The second-order valence-corrected chi connectivity index (χ2v) is 7.39. The Morgan fingerprint density at radius 2 is 2.11 bits per heavy atom. The molecule has 3 aromatic rings. The highest BCUT2D eigenvalue weighted by Gasteiger charge is 2.15. The van der Waals surface area contributed by atoms with Gasteiger partial charge in [-0.3, -0.25) is 9.78 Å². The Morgan fingerprint density at radius 1 is 1.26 bits per heavy atom. The summed E-state index contributed by atoms with van der Waals surface area (Å²) in [5.74, 6) is 1.72. The molecule has 1 aliphatic heterocycles. The SMILES string of the molecule is O=C(COc1c(I)cc(Cl)c2cccnc12)NCc1ccc2c(c1)OCO2. The molecule has 1 aliphatic rings. The first-order valence-electron chi connectivity index (χ1n) is 8.12. The molecule has 8 heteroatoms. The highest BCUT2D eigenvalue weighted by Crippen LogP contribution is 2.35. The molecule has 2 aromatic carbocycles. The third-order valence-electron chi connectivity index (χ3n) is 4.02. The Kier molecular flexibility index (Phi) is 5.22. The van der Waals surface area contributed by atoms with Gasteiger partial charge in [0.25, 0.3) is 5.91 Å². The maximum Gasteiger partial charge on any atom is 0.258 e. The molecule has 0 atom stereocenters. The molecule has 0 unspecified atom stereocenters.